The van der Waals surface area contributed by atoms with Crippen LogP contribution >= 0.6 is 12.4 Å². The zero-order valence-electron chi connectivity index (χ0n) is 16.4. The molecule has 3 atom stereocenters. The van der Waals surface area contributed by atoms with Gasteiger partial charge in [-0.2, -0.15) is 0 Å². The van der Waals surface area contributed by atoms with Gasteiger partial charge in [0.1, 0.15) is 5.75 Å². The molecule has 1 aliphatic heterocycles. The monoisotopic (exact) mass is 418 g/mol. The zero-order valence-corrected chi connectivity index (χ0v) is 17.2. The Morgan fingerprint density at radius 3 is 2.59 bits per heavy atom. The van der Waals surface area contributed by atoms with Crippen molar-refractivity contribution in [3.05, 3.63) is 77.9 Å². The van der Waals surface area contributed by atoms with Crippen LogP contribution in [0.3, 0.4) is 0 Å². The number of phenolic OH excluding ortho intramolecular Hbond substituents is 1. The number of esters is 1. The molecule has 1 N–H and O–H groups in total. The molecule has 29 heavy (non-hydrogen) atoms. The number of carbonyl (C=O) groups is 1. The molecule has 1 saturated heterocycles. The fraction of sp³-hybridized carbons (Fsp3) is 0.348. The summed E-state index contributed by atoms with van der Waals surface area (Å²) in [6, 6.07) is 17.1. The maximum atomic E-state index is 11.2. The summed E-state index contributed by atoms with van der Waals surface area (Å²) in [5.41, 5.74) is 1.72. The van der Waals surface area contributed by atoms with E-state index in [9.17, 15) is 9.90 Å². The SMILES string of the molecule is COC(=O)CC/C=C\C[C@@H]1COC(c2ccccc2)O[C@@H]1c1ccccc1O.Cl. The van der Waals surface area contributed by atoms with E-state index in [1.54, 1.807) is 12.1 Å². The molecule has 6 heteroatoms. The number of benzene rings is 2. The van der Waals surface area contributed by atoms with Crippen molar-refractivity contribution in [3.63, 3.8) is 0 Å². The third-order valence-corrected chi connectivity index (χ3v) is 4.82. The highest BCUT2D eigenvalue weighted by Gasteiger charge is 2.34. The number of hydrogen-bond donors (Lipinski definition) is 1. The van der Waals surface area contributed by atoms with Crippen LogP contribution in [0.15, 0.2) is 66.7 Å². The van der Waals surface area contributed by atoms with E-state index in [-0.39, 0.29) is 36.1 Å². The Hall–Kier alpha value is -2.34. The molecule has 0 amide bonds. The number of allylic oxidation sites excluding steroid dienone is 2. The molecule has 1 aliphatic rings. The molecule has 0 bridgehead atoms. The minimum Gasteiger partial charge on any atom is -0.508 e. The molecular weight excluding hydrogens is 392 g/mol. The van der Waals surface area contributed by atoms with Gasteiger partial charge in [0.2, 0.25) is 0 Å². The van der Waals surface area contributed by atoms with Gasteiger partial charge in [0.25, 0.3) is 0 Å². The number of halogens is 1. The third-order valence-electron chi connectivity index (χ3n) is 4.82. The van der Waals surface area contributed by atoms with E-state index in [0.717, 1.165) is 17.5 Å². The van der Waals surface area contributed by atoms with Gasteiger partial charge in [-0.25, -0.2) is 0 Å². The Balaban J connectivity index is 0.00000300. The van der Waals surface area contributed by atoms with Crippen molar-refractivity contribution in [3.8, 4) is 5.75 Å². The van der Waals surface area contributed by atoms with Gasteiger partial charge in [-0.1, -0.05) is 60.7 Å². The van der Waals surface area contributed by atoms with Crippen LogP contribution in [0.4, 0.5) is 0 Å². The minimum atomic E-state index is -0.467. The van der Waals surface area contributed by atoms with Crippen molar-refractivity contribution < 1.29 is 24.1 Å². The van der Waals surface area contributed by atoms with Crippen molar-refractivity contribution in [2.24, 2.45) is 5.92 Å². The summed E-state index contributed by atoms with van der Waals surface area (Å²) >= 11 is 0. The van der Waals surface area contributed by atoms with Crippen LogP contribution in [0.2, 0.25) is 0 Å². The molecule has 1 fully saturated rings. The molecule has 2 aromatic carbocycles. The first-order valence-electron chi connectivity index (χ1n) is 9.50. The fourth-order valence-electron chi connectivity index (χ4n) is 3.31. The molecule has 156 valence electrons. The summed E-state index contributed by atoms with van der Waals surface area (Å²) in [6.45, 7) is 0.514. The van der Waals surface area contributed by atoms with E-state index >= 15 is 0 Å². The average molecular weight is 419 g/mol. The maximum Gasteiger partial charge on any atom is 0.305 e. The average Bonchev–Trinajstić information content (AvgIpc) is 2.74. The molecule has 0 aliphatic carbocycles. The van der Waals surface area contributed by atoms with Gasteiger partial charge in [0.05, 0.1) is 19.8 Å². The predicted octanol–water partition coefficient (Wildman–Crippen LogP) is 5.12. The van der Waals surface area contributed by atoms with Crippen LogP contribution in [-0.2, 0) is 19.0 Å². The van der Waals surface area contributed by atoms with Crippen LogP contribution in [0.5, 0.6) is 5.75 Å². The molecule has 0 aromatic heterocycles. The lowest BCUT2D eigenvalue weighted by molar-refractivity contribution is -0.244. The van der Waals surface area contributed by atoms with Gasteiger partial charge in [-0.05, 0) is 18.9 Å². The maximum absolute atomic E-state index is 11.2. The van der Waals surface area contributed by atoms with Gasteiger partial charge < -0.3 is 19.3 Å². The fourth-order valence-corrected chi connectivity index (χ4v) is 3.31. The summed E-state index contributed by atoms with van der Waals surface area (Å²) in [4.78, 5) is 11.2. The second kappa shape index (κ2) is 11.6. The van der Waals surface area contributed by atoms with Gasteiger partial charge in [-0.15, -0.1) is 12.4 Å². The first-order valence-corrected chi connectivity index (χ1v) is 9.50. The van der Waals surface area contributed by atoms with Crippen molar-refractivity contribution in [2.75, 3.05) is 13.7 Å². The number of aromatic hydroxyl groups is 1. The third kappa shape index (κ3) is 6.32. The number of para-hydroxylation sites is 1. The number of hydrogen-bond acceptors (Lipinski definition) is 5. The van der Waals surface area contributed by atoms with Crippen molar-refractivity contribution in [2.45, 2.75) is 31.7 Å². The van der Waals surface area contributed by atoms with Gasteiger partial charge in [0, 0.05) is 23.5 Å². The lowest BCUT2D eigenvalue weighted by Gasteiger charge is -2.37. The zero-order chi connectivity index (χ0) is 19.8. The van der Waals surface area contributed by atoms with Crippen molar-refractivity contribution >= 4 is 18.4 Å². The van der Waals surface area contributed by atoms with Gasteiger partial charge >= 0.3 is 5.97 Å². The second-order valence-electron chi connectivity index (χ2n) is 6.77. The van der Waals surface area contributed by atoms with Gasteiger partial charge in [-0.3, -0.25) is 4.79 Å². The summed E-state index contributed by atoms with van der Waals surface area (Å²) in [7, 11) is 1.39. The molecular formula is C23H27ClO5. The van der Waals surface area contributed by atoms with Gasteiger partial charge in [0.15, 0.2) is 6.29 Å². The van der Waals surface area contributed by atoms with Crippen LogP contribution in [0.25, 0.3) is 0 Å². The smallest absolute Gasteiger partial charge is 0.305 e. The molecule has 0 spiro atoms. The van der Waals surface area contributed by atoms with E-state index < -0.39 is 6.29 Å². The van der Waals surface area contributed by atoms with E-state index in [1.807, 2.05) is 54.6 Å². The Labute approximate surface area is 177 Å². The molecule has 3 rings (SSSR count). The molecule has 0 radical (unpaired) electrons. The van der Waals surface area contributed by atoms with E-state index in [1.165, 1.54) is 7.11 Å². The number of rotatable bonds is 7. The van der Waals surface area contributed by atoms with Crippen LogP contribution < -0.4 is 0 Å². The molecule has 1 heterocycles. The standard InChI is InChI=1S/C23H26O5.ClH/c1-26-21(25)15-7-3-6-12-18-16-27-23(17-10-4-2-5-11-17)28-22(18)19-13-8-9-14-20(19)24;/h2-6,8-11,13-14,18,22-24H,7,12,15-16H2,1H3;1H/b6-3-;/t18-,22+,23?;/m1./s1. The molecule has 5 nitrogen and oxygen atoms in total. The van der Waals surface area contributed by atoms with Crippen LogP contribution in [0.1, 0.15) is 42.8 Å². The lowest BCUT2D eigenvalue weighted by atomic mass is 9.91. The van der Waals surface area contributed by atoms with E-state index in [2.05, 4.69) is 4.74 Å². The lowest BCUT2D eigenvalue weighted by Crippen LogP contribution is -2.30. The normalized spacial score (nSPS) is 21.5. The molecule has 2 aromatic rings. The first kappa shape index (κ1) is 22.9. The summed E-state index contributed by atoms with van der Waals surface area (Å²) in [5, 5.41) is 10.3. The number of ether oxygens (including phenoxy) is 3. The van der Waals surface area contributed by atoms with E-state index in [0.29, 0.717) is 19.4 Å². The second-order valence-corrected chi connectivity index (χ2v) is 6.77. The number of methoxy groups -OCH3 is 1. The largest absolute Gasteiger partial charge is 0.508 e. The van der Waals surface area contributed by atoms with Crippen LogP contribution in [0, 0.1) is 5.92 Å². The Bertz CT molecular complexity index is 793. The Morgan fingerprint density at radius 1 is 1.14 bits per heavy atom. The van der Waals surface area contributed by atoms with Crippen molar-refractivity contribution in [1.82, 2.24) is 0 Å². The summed E-state index contributed by atoms with van der Waals surface area (Å²) < 4.78 is 16.9. The van der Waals surface area contributed by atoms with Crippen molar-refractivity contribution in [1.29, 1.82) is 0 Å². The Morgan fingerprint density at radius 2 is 1.86 bits per heavy atom. The topological polar surface area (TPSA) is 65.0 Å². The predicted molar refractivity (Wildman–Crippen MR) is 113 cm³/mol. The Kier molecular flexibility index (Phi) is 9.19. The highest BCUT2D eigenvalue weighted by atomic mass is 35.5. The molecule has 1 unspecified atom stereocenters. The highest BCUT2D eigenvalue weighted by Crippen LogP contribution is 2.42. The first-order chi connectivity index (χ1) is 13.7. The summed E-state index contributed by atoms with van der Waals surface area (Å²) in [6.07, 6.45) is 4.98. The summed E-state index contributed by atoms with van der Waals surface area (Å²) in [5.74, 6) is 0.0651. The molecule has 0 saturated carbocycles. The number of phenols is 1. The van der Waals surface area contributed by atoms with E-state index in [4.69, 9.17) is 9.47 Å². The van der Waals surface area contributed by atoms with Crippen LogP contribution in [-0.4, -0.2) is 24.8 Å². The highest BCUT2D eigenvalue weighted by molar-refractivity contribution is 5.85. The minimum absolute atomic E-state index is 0. The quantitative estimate of drug-likeness (QED) is 0.499. The number of carbonyl (C=O) groups excluding carboxylic acids is 1.